The number of nitrogens with zero attached hydrogens (tertiary/aromatic N) is 1. The Hall–Kier alpha value is -1.95. The predicted molar refractivity (Wildman–Crippen MR) is 61.8 cm³/mol. The van der Waals surface area contributed by atoms with Gasteiger partial charge in [-0.05, 0) is 25.5 Å². The highest BCUT2D eigenvalue weighted by Gasteiger charge is 2.13. The number of benzene rings is 1. The molecule has 6 nitrogen and oxygen atoms in total. The van der Waals surface area contributed by atoms with E-state index in [0.29, 0.717) is 5.56 Å². The second kappa shape index (κ2) is 5.40. The molecule has 0 radical (unpaired) electrons. The van der Waals surface area contributed by atoms with E-state index in [-0.39, 0.29) is 17.8 Å². The predicted octanol–water partition coefficient (Wildman–Crippen LogP) is 1.01. The molecular formula is C11H14N2O4. The lowest BCUT2D eigenvalue weighted by Gasteiger charge is -2.07. The second-order valence-electron chi connectivity index (χ2n) is 3.87. The van der Waals surface area contributed by atoms with E-state index >= 15 is 0 Å². The van der Waals surface area contributed by atoms with Gasteiger partial charge in [-0.2, -0.15) is 0 Å². The minimum Gasteiger partial charge on any atom is -0.392 e. The third-order valence-electron chi connectivity index (χ3n) is 2.09. The van der Waals surface area contributed by atoms with Crippen LogP contribution in [0.5, 0.6) is 0 Å². The van der Waals surface area contributed by atoms with Gasteiger partial charge in [-0.15, -0.1) is 0 Å². The summed E-state index contributed by atoms with van der Waals surface area (Å²) in [5.41, 5.74) is 0.742. The first-order valence-electron chi connectivity index (χ1n) is 5.12. The van der Waals surface area contributed by atoms with Crippen molar-refractivity contribution in [2.75, 3.05) is 6.54 Å². The first-order chi connectivity index (χ1) is 7.90. The maximum atomic E-state index is 11.6. The van der Waals surface area contributed by atoms with Gasteiger partial charge in [0.2, 0.25) is 0 Å². The van der Waals surface area contributed by atoms with Crippen LogP contribution in [0.25, 0.3) is 0 Å². The largest absolute Gasteiger partial charge is 0.392 e. The summed E-state index contributed by atoms with van der Waals surface area (Å²) in [6.45, 7) is 3.33. The van der Waals surface area contributed by atoms with E-state index in [2.05, 4.69) is 5.32 Å². The van der Waals surface area contributed by atoms with E-state index in [1.54, 1.807) is 19.9 Å². The second-order valence-corrected chi connectivity index (χ2v) is 3.87. The summed E-state index contributed by atoms with van der Waals surface area (Å²) in [4.78, 5) is 21.7. The van der Waals surface area contributed by atoms with E-state index in [9.17, 15) is 14.9 Å². The fourth-order valence-electron chi connectivity index (χ4n) is 1.34. The molecule has 1 aromatic rings. The normalized spacial score (nSPS) is 11.9. The van der Waals surface area contributed by atoms with Crippen LogP contribution in [0.4, 0.5) is 5.69 Å². The number of hydrogen-bond donors (Lipinski definition) is 2. The van der Waals surface area contributed by atoms with E-state index in [0.717, 1.165) is 0 Å². The molecule has 0 spiro atoms. The van der Waals surface area contributed by atoms with Crippen molar-refractivity contribution >= 4 is 11.6 Å². The summed E-state index contributed by atoms with van der Waals surface area (Å²) in [6.07, 6.45) is -0.654. The Morgan fingerprint density at radius 1 is 1.53 bits per heavy atom. The van der Waals surface area contributed by atoms with Crippen LogP contribution >= 0.6 is 0 Å². The van der Waals surface area contributed by atoms with Gasteiger partial charge >= 0.3 is 0 Å². The molecule has 0 heterocycles. The summed E-state index contributed by atoms with van der Waals surface area (Å²) in [7, 11) is 0. The molecule has 0 fully saturated rings. The number of carbonyl (C=O) groups is 1. The van der Waals surface area contributed by atoms with Crippen molar-refractivity contribution in [3.05, 3.63) is 39.4 Å². The average molecular weight is 238 g/mol. The molecule has 1 amide bonds. The smallest absolute Gasteiger partial charge is 0.270 e. The minimum absolute atomic E-state index is 0.112. The molecule has 1 atom stereocenters. The van der Waals surface area contributed by atoms with Crippen LogP contribution in [0.1, 0.15) is 22.8 Å². The zero-order chi connectivity index (χ0) is 13.0. The summed E-state index contributed by atoms with van der Waals surface area (Å²) in [6, 6.07) is 4.17. The maximum absolute atomic E-state index is 11.6. The zero-order valence-electron chi connectivity index (χ0n) is 9.64. The Morgan fingerprint density at radius 2 is 2.18 bits per heavy atom. The first kappa shape index (κ1) is 13.1. The zero-order valence-corrected chi connectivity index (χ0v) is 9.64. The van der Waals surface area contributed by atoms with Crippen LogP contribution in [0.2, 0.25) is 0 Å². The fourth-order valence-corrected chi connectivity index (χ4v) is 1.34. The summed E-state index contributed by atoms with van der Waals surface area (Å²) in [5.74, 6) is -0.433. The third kappa shape index (κ3) is 3.84. The number of aryl methyl sites for hydroxylation is 1. The van der Waals surface area contributed by atoms with Crippen molar-refractivity contribution in [2.45, 2.75) is 20.0 Å². The van der Waals surface area contributed by atoms with Crippen molar-refractivity contribution < 1.29 is 14.8 Å². The minimum atomic E-state index is -0.654. The molecule has 1 aromatic carbocycles. The number of non-ortho nitro benzene ring substituents is 1. The molecule has 0 aliphatic heterocycles. The molecule has 0 aromatic heterocycles. The van der Waals surface area contributed by atoms with E-state index in [1.165, 1.54) is 12.1 Å². The quantitative estimate of drug-likeness (QED) is 0.605. The number of aliphatic hydroxyl groups excluding tert-OH is 1. The maximum Gasteiger partial charge on any atom is 0.270 e. The summed E-state index contributed by atoms with van der Waals surface area (Å²) >= 11 is 0. The first-order valence-corrected chi connectivity index (χ1v) is 5.12. The lowest BCUT2D eigenvalue weighted by atomic mass is 10.1. The van der Waals surface area contributed by atoms with Crippen molar-refractivity contribution in [1.29, 1.82) is 0 Å². The highest BCUT2D eigenvalue weighted by molar-refractivity contribution is 5.95. The Morgan fingerprint density at radius 3 is 2.71 bits per heavy atom. The number of hydrogen-bond acceptors (Lipinski definition) is 4. The van der Waals surface area contributed by atoms with Crippen LogP contribution in [-0.4, -0.2) is 28.6 Å². The molecule has 0 saturated heterocycles. The molecule has 92 valence electrons. The van der Waals surface area contributed by atoms with Gasteiger partial charge in [-0.1, -0.05) is 0 Å². The fraction of sp³-hybridized carbons (Fsp3) is 0.364. The third-order valence-corrected chi connectivity index (χ3v) is 2.09. The highest BCUT2D eigenvalue weighted by Crippen LogP contribution is 2.16. The molecule has 2 N–H and O–H groups in total. The highest BCUT2D eigenvalue weighted by atomic mass is 16.6. The van der Waals surface area contributed by atoms with Crippen LogP contribution in [0.3, 0.4) is 0 Å². The number of nitro benzene ring substituents is 1. The Balaban J connectivity index is 2.90. The van der Waals surface area contributed by atoms with Crippen molar-refractivity contribution in [3.8, 4) is 0 Å². The summed E-state index contributed by atoms with van der Waals surface area (Å²) < 4.78 is 0. The molecule has 0 aliphatic carbocycles. The molecular weight excluding hydrogens is 224 g/mol. The molecule has 0 aliphatic rings. The Bertz CT molecular complexity index is 443. The molecule has 0 unspecified atom stereocenters. The van der Waals surface area contributed by atoms with Gasteiger partial charge in [0.15, 0.2) is 0 Å². The van der Waals surface area contributed by atoms with Gasteiger partial charge in [-0.3, -0.25) is 14.9 Å². The monoisotopic (exact) mass is 238 g/mol. The number of rotatable bonds is 4. The van der Waals surface area contributed by atoms with E-state index < -0.39 is 16.9 Å². The molecule has 6 heteroatoms. The van der Waals surface area contributed by atoms with Gasteiger partial charge in [-0.25, -0.2) is 0 Å². The lowest BCUT2D eigenvalue weighted by molar-refractivity contribution is -0.384. The number of nitro groups is 1. The van der Waals surface area contributed by atoms with Gasteiger partial charge in [0.25, 0.3) is 11.6 Å². The summed E-state index contributed by atoms with van der Waals surface area (Å²) in [5, 5.41) is 22.1. The molecule has 1 rings (SSSR count). The lowest BCUT2D eigenvalue weighted by Crippen LogP contribution is -2.30. The number of carbonyl (C=O) groups excluding carboxylic acids is 1. The number of amides is 1. The standard InChI is InChI=1S/C11H14N2O4/c1-7-3-9(5-10(4-7)13(16)17)11(15)12-6-8(2)14/h3-5,8,14H,6H2,1-2H3,(H,12,15)/t8-/m0/s1. The number of nitrogens with one attached hydrogen (secondary N) is 1. The van der Waals surface area contributed by atoms with Crippen LogP contribution in [0, 0.1) is 17.0 Å². The van der Waals surface area contributed by atoms with Crippen molar-refractivity contribution in [3.63, 3.8) is 0 Å². The van der Waals surface area contributed by atoms with Crippen LogP contribution in [-0.2, 0) is 0 Å². The van der Waals surface area contributed by atoms with E-state index in [1.807, 2.05) is 0 Å². The molecule has 17 heavy (non-hydrogen) atoms. The van der Waals surface area contributed by atoms with Gasteiger partial charge in [0, 0.05) is 24.2 Å². The van der Waals surface area contributed by atoms with Crippen molar-refractivity contribution in [2.24, 2.45) is 0 Å². The Labute approximate surface area is 98.4 Å². The number of aliphatic hydroxyl groups is 1. The van der Waals surface area contributed by atoms with E-state index in [4.69, 9.17) is 5.11 Å². The van der Waals surface area contributed by atoms with Crippen LogP contribution < -0.4 is 5.32 Å². The SMILES string of the molecule is Cc1cc(C(=O)NC[C@H](C)O)cc([N+](=O)[O-])c1. The van der Waals surface area contributed by atoms with Crippen molar-refractivity contribution in [1.82, 2.24) is 5.32 Å². The molecule has 0 saturated carbocycles. The van der Waals surface area contributed by atoms with Gasteiger partial charge in [0.1, 0.15) is 0 Å². The van der Waals surface area contributed by atoms with Gasteiger partial charge < -0.3 is 10.4 Å². The molecule has 0 bridgehead atoms. The topological polar surface area (TPSA) is 92.5 Å². The van der Waals surface area contributed by atoms with Crippen LogP contribution in [0.15, 0.2) is 18.2 Å². The average Bonchev–Trinajstić information content (AvgIpc) is 2.24. The Kier molecular flexibility index (Phi) is 4.17. The van der Waals surface area contributed by atoms with Gasteiger partial charge in [0.05, 0.1) is 11.0 Å².